The normalized spacial score (nSPS) is 10.4. The summed E-state index contributed by atoms with van der Waals surface area (Å²) in [6.45, 7) is -0.0721. The van der Waals surface area contributed by atoms with E-state index in [-0.39, 0.29) is 12.4 Å². The third kappa shape index (κ3) is 4.51. The minimum absolute atomic E-state index is 0.0721. The van der Waals surface area contributed by atoms with Crippen molar-refractivity contribution >= 4 is 35.1 Å². The van der Waals surface area contributed by atoms with Crippen LogP contribution in [-0.2, 0) is 0 Å². The number of nitriles is 1. The lowest BCUT2D eigenvalue weighted by Crippen LogP contribution is -1.97. The second-order valence-corrected chi connectivity index (χ2v) is 5.52. The molecular weight excluding hydrogens is 349 g/mol. The zero-order valence-electron chi connectivity index (χ0n) is 12.8. The van der Waals surface area contributed by atoms with Gasteiger partial charge in [-0.2, -0.15) is 5.26 Å². The van der Waals surface area contributed by atoms with Gasteiger partial charge in [-0.25, -0.2) is 0 Å². The third-order valence-electron chi connectivity index (χ3n) is 3.10. The summed E-state index contributed by atoms with van der Waals surface area (Å²) in [7, 11) is 1.50. The van der Waals surface area contributed by atoms with Crippen LogP contribution in [0.5, 0.6) is 11.5 Å². The lowest BCUT2D eigenvalue weighted by Gasteiger charge is -2.08. The second kappa shape index (κ2) is 8.39. The molecule has 0 amide bonds. The number of ether oxygens (including phenoxy) is 2. The minimum atomic E-state index is -0.258. The van der Waals surface area contributed by atoms with Gasteiger partial charge in [-0.1, -0.05) is 35.3 Å². The minimum Gasteiger partial charge on any atom is -0.493 e. The number of halogens is 2. The van der Waals surface area contributed by atoms with E-state index in [0.29, 0.717) is 27.1 Å². The van der Waals surface area contributed by atoms with Gasteiger partial charge in [-0.05, 0) is 42.0 Å². The van der Waals surface area contributed by atoms with E-state index < -0.39 is 0 Å². The number of carbonyl (C=O) groups is 1. The Hall–Kier alpha value is -2.48. The molecule has 0 bridgehead atoms. The molecule has 2 aromatic carbocycles. The van der Waals surface area contributed by atoms with Gasteiger partial charge in [-0.3, -0.25) is 4.79 Å². The number of methoxy groups -OCH3 is 1. The van der Waals surface area contributed by atoms with Crippen LogP contribution in [0, 0.1) is 11.3 Å². The Morgan fingerprint density at radius 2 is 2.00 bits per heavy atom. The molecule has 2 rings (SSSR count). The lowest BCUT2D eigenvalue weighted by atomic mass is 10.1. The Balaban J connectivity index is 2.21. The Labute approximate surface area is 149 Å². The summed E-state index contributed by atoms with van der Waals surface area (Å²) in [6.07, 6.45) is 3.04. The summed E-state index contributed by atoms with van der Waals surface area (Å²) in [4.78, 5) is 12.2. The second-order valence-electron chi connectivity index (χ2n) is 4.68. The maximum Gasteiger partial charge on any atom is 0.187 e. The zero-order chi connectivity index (χ0) is 17.5. The topological polar surface area (TPSA) is 59.3 Å². The van der Waals surface area contributed by atoms with Crippen LogP contribution < -0.4 is 9.47 Å². The van der Waals surface area contributed by atoms with Crippen molar-refractivity contribution in [2.24, 2.45) is 0 Å². The molecule has 0 unspecified atom stereocenters. The van der Waals surface area contributed by atoms with Crippen LogP contribution in [0.1, 0.15) is 15.9 Å². The first kappa shape index (κ1) is 17.9. The van der Waals surface area contributed by atoms with Crippen molar-refractivity contribution in [2.45, 2.75) is 0 Å². The molecule has 0 atom stereocenters. The third-order valence-corrected chi connectivity index (χ3v) is 3.67. The van der Waals surface area contributed by atoms with Crippen LogP contribution in [0.15, 0.2) is 42.5 Å². The van der Waals surface area contributed by atoms with Gasteiger partial charge < -0.3 is 9.47 Å². The van der Waals surface area contributed by atoms with Crippen molar-refractivity contribution < 1.29 is 14.3 Å². The van der Waals surface area contributed by atoms with Crippen molar-refractivity contribution in [3.8, 4) is 17.6 Å². The van der Waals surface area contributed by atoms with Gasteiger partial charge in [0.1, 0.15) is 6.07 Å². The van der Waals surface area contributed by atoms with Gasteiger partial charge in [-0.15, -0.1) is 0 Å². The number of carbonyl (C=O) groups excluding carboxylic acids is 1. The molecule has 2 aromatic rings. The maximum atomic E-state index is 12.2. The molecule has 122 valence electrons. The molecule has 0 fully saturated rings. The Kier molecular flexibility index (Phi) is 6.25. The van der Waals surface area contributed by atoms with E-state index in [1.165, 1.54) is 19.3 Å². The fourth-order valence-electron chi connectivity index (χ4n) is 1.97. The number of nitrogens with zero attached hydrogens (tertiary/aromatic N) is 1. The molecule has 0 saturated carbocycles. The first-order valence-corrected chi connectivity index (χ1v) is 7.66. The first-order chi connectivity index (χ1) is 11.5. The summed E-state index contributed by atoms with van der Waals surface area (Å²) in [5.74, 6) is 0.673. The fourth-order valence-corrected chi connectivity index (χ4v) is 2.35. The molecular formula is C18H13Cl2NO3. The zero-order valence-corrected chi connectivity index (χ0v) is 14.3. The van der Waals surface area contributed by atoms with Crippen molar-refractivity contribution in [2.75, 3.05) is 13.7 Å². The van der Waals surface area contributed by atoms with E-state index in [0.717, 1.165) is 5.56 Å². The predicted molar refractivity (Wildman–Crippen MR) is 93.9 cm³/mol. The number of benzene rings is 2. The van der Waals surface area contributed by atoms with Gasteiger partial charge in [0.2, 0.25) is 0 Å². The highest BCUT2D eigenvalue weighted by Gasteiger charge is 2.09. The number of ketones is 1. The van der Waals surface area contributed by atoms with E-state index in [1.807, 2.05) is 6.07 Å². The molecule has 0 saturated heterocycles. The van der Waals surface area contributed by atoms with Crippen molar-refractivity contribution in [3.63, 3.8) is 0 Å². The number of rotatable bonds is 6. The van der Waals surface area contributed by atoms with Crippen LogP contribution >= 0.6 is 23.2 Å². The smallest absolute Gasteiger partial charge is 0.187 e. The summed E-state index contributed by atoms with van der Waals surface area (Å²) in [5, 5.41) is 9.34. The quantitative estimate of drug-likeness (QED) is 0.547. The average Bonchev–Trinajstić information content (AvgIpc) is 2.60. The monoisotopic (exact) mass is 361 g/mol. The van der Waals surface area contributed by atoms with Crippen molar-refractivity contribution in [3.05, 3.63) is 63.6 Å². The van der Waals surface area contributed by atoms with Gasteiger partial charge in [0.25, 0.3) is 0 Å². The van der Waals surface area contributed by atoms with Crippen LogP contribution in [0.2, 0.25) is 10.0 Å². The molecule has 0 aliphatic rings. The molecule has 0 aliphatic carbocycles. The van der Waals surface area contributed by atoms with Crippen molar-refractivity contribution in [1.29, 1.82) is 5.26 Å². The maximum absolute atomic E-state index is 12.2. The largest absolute Gasteiger partial charge is 0.493 e. The summed E-state index contributed by atoms with van der Waals surface area (Å²) >= 11 is 11.9. The molecule has 0 aromatic heterocycles. The van der Waals surface area contributed by atoms with Crippen LogP contribution in [0.4, 0.5) is 0 Å². The van der Waals surface area contributed by atoms with E-state index in [4.69, 9.17) is 37.9 Å². The highest BCUT2D eigenvalue weighted by molar-refractivity contribution is 6.36. The van der Waals surface area contributed by atoms with Crippen LogP contribution in [0.3, 0.4) is 0 Å². The molecule has 4 nitrogen and oxygen atoms in total. The standard InChI is InChI=1S/C18H13Cl2NO3/c1-23-18-10-12(3-7-17(18)24-9-8-21)2-6-16(22)14-11-13(19)4-5-15(14)20/h2-7,10-11H,9H2,1H3. The van der Waals surface area contributed by atoms with Gasteiger partial charge in [0, 0.05) is 10.6 Å². The van der Waals surface area contributed by atoms with Gasteiger partial charge in [0.15, 0.2) is 23.9 Å². The molecule has 0 aliphatic heterocycles. The Morgan fingerprint density at radius 3 is 2.71 bits per heavy atom. The number of allylic oxidation sites excluding steroid dienone is 1. The van der Waals surface area contributed by atoms with Crippen molar-refractivity contribution in [1.82, 2.24) is 0 Å². The molecule has 0 spiro atoms. The molecule has 0 heterocycles. The van der Waals surface area contributed by atoms with Crippen LogP contribution in [0.25, 0.3) is 6.08 Å². The van der Waals surface area contributed by atoms with Gasteiger partial charge in [0.05, 0.1) is 12.1 Å². The summed E-state index contributed by atoms with van der Waals surface area (Å²) in [5.41, 5.74) is 1.07. The van der Waals surface area contributed by atoms with E-state index in [2.05, 4.69) is 0 Å². The SMILES string of the molecule is COc1cc(C=CC(=O)c2cc(Cl)ccc2Cl)ccc1OCC#N. The van der Waals surface area contributed by atoms with E-state index >= 15 is 0 Å². The highest BCUT2D eigenvalue weighted by atomic mass is 35.5. The van der Waals surface area contributed by atoms with E-state index in [9.17, 15) is 4.79 Å². The average molecular weight is 362 g/mol. The Bertz CT molecular complexity index is 825. The summed E-state index contributed by atoms with van der Waals surface area (Å²) < 4.78 is 10.5. The Morgan fingerprint density at radius 1 is 1.21 bits per heavy atom. The van der Waals surface area contributed by atoms with E-state index in [1.54, 1.807) is 36.4 Å². The fraction of sp³-hybridized carbons (Fsp3) is 0.111. The molecule has 0 radical (unpaired) electrons. The molecule has 0 N–H and O–H groups in total. The first-order valence-electron chi connectivity index (χ1n) is 6.90. The number of hydrogen-bond acceptors (Lipinski definition) is 4. The highest BCUT2D eigenvalue weighted by Crippen LogP contribution is 2.28. The van der Waals surface area contributed by atoms with Crippen LogP contribution in [-0.4, -0.2) is 19.5 Å². The summed E-state index contributed by atoms with van der Waals surface area (Å²) in [6, 6.07) is 11.7. The number of hydrogen-bond donors (Lipinski definition) is 0. The van der Waals surface area contributed by atoms with Gasteiger partial charge >= 0.3 is 0 Å². The molecule has 24 heavy (non-hydrogen) atoms. The molecule has 6 heteroatoms. The lowest BCUT2D eigenvalue weighted by molar-refractivity contribution is 0.104. The predicted octanol–water partition coefficient (Wildman–Crippen LogP) is 4.80.